The lowest BCUT2D eigenvalue weighted by molar-refractivity contribution is 0.101. The molecule has 0 aromatic carbocycles. The zero-order valence-electron chi connectivity index (χ0n) is 12.6. The molecule has 0 atom stereocenters. The number of hydrogen-bond donors (Lipinski definition) is 0. The Kier molecular flexibility index (Phi) is 3.77. The first-order chi connectivity index (χ1) is 10.6. The number of Topliss-reactive ketones (excluding diaryl/α,β-unsaturated/α-hetero) is 1. The van der Waals surface area contributed by atoms with Crippen molar-refractivity contribution in [1.29, 1.82) is 0 Å². The molecule has 3 aromatic rings. The van der Waals surface area contributed by atoms with Crippen LogP contribution in [0.2, 0.25) is 0 Å². The summed E-state index contributed by atoms with van der Waals surface area (Å²) in [5.41, 5.74) is 2.90. The lowest BCUT2D eigenvalue weighted by Gasteiger charge is -2.07. The molecule has 0 spiro atoms. The Morgan fingerprint density at radius 2 is 2.23 bits per heavy atom. The van der Waals surface area contributed by atoms with Gasteiger partial charge in [0.15, 0.2) is 11.4 Å². The molecule has 0 radical (unpaired) electrons. The Morgan fingerprint density at radius 1 is 1.41 bits per heavy atom. The topological polar surface area (TPSA) is 50.5 Å². The van der Waals surface area contributed by atoms with Crippen molar-refractivity contribution in [3.8, 4) is 10.6 Å². The van der Waals surface area contributed by atoms with Crippen LogP contribution in [0.3, 0.4) is 0 Å². The van der Waals surface area contributed by atoms with Crippen LogP contribution in [0.4, 0.5) is 0 Å². The van der Waals surface area contributed by atoms with Crippen LogP contribution >= 0.6 is 11.3 Å². The van der Waals surface area contributed by atoms with Crippen LogP contribution in [0, 0.1) is 0 Å². The van der Waals surface area contributed by atoms with Gasteiger partial charge < -0.3 is 4.90 Å². The van der Waals surface area contributed by atoms with Gasteiger partial charge in [-0.2, -0.15) is 5.10 Å². The lowest BCUT2D eigenvalue weighted by Crippen LogP contribution is -2.07. The van der Waals surface area contributed by atoms with Gasteiger partial charge in [-0.3, -0.25) is 4.79 Å². The molecule has 22 heavy (non-hydrogen) atoms. The smallest absolute Gasteiger partial charge is 0.163 e. The predicted molar refractivity (Wildman–Crippen MR) is 89.0 cm³/mol. The van der Waals surface area contributed by atoms with E-state index in [-0.39, 0.29) is 5.78 Å². The van der Waals surface area contributed by atoms with Gasteiger partial charge in [-0.05, 0) is 24.4 Å². The second-order valence-corrected chi connectivity index (χ2v) is 6.12. The maximum absolute atomic E-state index is 11.9. The molecule has 0 aliphatic rings. The van der Waals surface area contributed by atoms with Crippen LogP contribution in [0.5, 0.6) is 0 Å². The molecule has 5 nitrogen and oxygen atoms in total. The third kappa shape index (κ3) is 2.65. The van der Waals surface area contributed by atoms with E-state index in [4.69, 9.17) is 0 Å². The number of fused-ring (bicyclic) bond motifs is 1. The third-order valence-corrected chi connectivity index (χ3v) is 4.10. The predicted octanol–water partition coefficient (Wildman–Crippen LogP) is 3.19. The van der Waals surface area contributed by atoms with Gasteiger partial charge in [0.2, 0.25) is 0 Å². The van der Waals surface area contributed by atoms with Crippen molar-refractivity contribution in [3.05, 3.63) is 47.2 Å². The molecule has 112 valence electrons. The minimum Gasteiger partial charge on any atom is -0.383 e. The maximum Gasteiger partial charge on any atom is 0.163 e. The van der Waals surface area contributed by atoms with Crippen LogP contribution < -0.4 is 0 Å². The van der Waals surface area contributed by atoms with E-state index in [1.807, 2.05) is 54.9 Å². The molecule has 0 aliphatic carbocycles. The summed E-state index contributed by atoms with van der Waals surface area (Å²) in [5, 5.41) is 6.63. The maximum atomic E-state index is 11.9. The first-order valence-electron chi connectivity index (χ1n) is 6.84. The van der Waals surface area contributed by atoms with E-state index >= 15 is 0 Å². The van der Waals surface area contributed by atoms with Gasteiger partial charge in [0.1, 0.15) is 5.69 Å². The molecule has 0 unspecified atom stereocenters. The van der Waals surface area contributed by atoms with Crippen LogP contribution in [0.1, 0.15) is 23.0 Å². The highest BCUT2D eigenvalue weighted by Gasteiger charge is 2.14. The van der Waals surface area contributed by atoms with E-state index in [0.29, 0.717) is 5.56 Å². The monoisotopic (exact) mass is 312 g/mol. The largest absolute Gasteiger partial charge is 0.383 e. The van der Waals surface area contributed by atoms with E-state index < -0.39 is 0 Å². The highest BCUT2D eigenvalue weighted by Crippen LogP contribution is 2.25. The van der Waals surface area contributed by atoms with Crippen LogP contribution in [-0.2, 0) is 0 Å². The number of thiophene rings is 1. The van der Waals surface area contributed by atoms with E-state index in [2.05, 4.69) is 10.1 Å². The van der Waals surface area contributed by atoms with Gasteiger partial charge in [0.25, 0.3) is 0 Å². The van der Waals surface area contributed by atoms with Gasteiger partial charge in [-0.25, -0.2) is 9.50 Å². The van der Waals surface area contributed by atoms with Crippen molar-refractivity contribution in [2.75, 3.05) is 14.1 Å². The Balaban J connectivity index is 2.22. The molecule has 3 rings (SSSR count). The zero-order valence-corrected chi connectivity index (χ0v) is 13.5. The van der Waals surface area contributed by atoms with E-state index in [0.717, 1.165) is 21.9 Å². The molecule has 0 bridgehead atoms. The van der Waals surface area contributed by atoms with Crippen LogP contribution in [0.15, 0.2) is 36.0 Å². The van der Waals surface area contributed by atoms with Crippen LogP contribution in [0.25, 0.3) is 22.3 Å². The molecule has 6 heteroatoms. The van der Waals surface area contributed by atoms with Crippen molar-refractivity contribution in [3.63, 3.8) is 0 Å². The standard InChI is InChI=1S/C16H16N4OS/c1-11(21)12-10-17-16-9-13(15-5-4-8-22-15)18-20(16)14(12)6-7-19(2)3/h4-10H,1-3H3/b7-6+. The zero-order chi connectivity index (χ0) is 15.7. The van der Waals surface area contributed by atoms with Crippen molar-refractivity contribution in [1.82, 2.24) is 19.5 Å². The minimum absolute atomic E-state index is 0.0269. The fraction of sp³-hybridized carbons (Fsp3) is 0.188. The van der Waals surface area contributed by atoms with Crippen molar-refractivity contribution in [2.24, 2.45) is 0 Å². The van der Waals surface area contributed by atoms with E-state index in [1.165, 1.54) is 0 Å². The number of carbonyl (C=O) groups excluding carboxylic acids is 1. The highest BCUT2D eigenvalue weighted by atomic mass is 32.1. The second-order valence-electron chi connectivity index (χ2n) is 5.17. The van der Waals surface area contributed by atoms with Gasteiger partial charge >= 0.3 is 0 Å². The Morgan fingerprint density at radius 3 is 2.86 bits per heavy atom. The fourth-order valence-electron chi connectivity index (χ4n) is 2.15. The second kappa shape index (κ2) is 5.73. The first kappa shape index (κ1) is 14.5. The number of ketones is 1. The SMILES string of the molecule is CC(=O)c1cnc2cc(-c3cccs3)nn2c1/C=C/N(C)C. The average molecular weight is 312 g/mol. The molecule has 0 amide bonds. The normalized spacial score (nSPS) is 11.4. The molecule has 0 aliphatic heterocycles. The summed E-state index contributed by atoms with van der Waals surface area (Å²) < 4.78 is 1.73. The molecular formula is C16H16N4OS. The Labute approximate surface area is 132 Å². The number of nitrogens with zero attached hydrogens (tertiary/aromatic N) is 4. The molecular weight excluding hydrogens is 296 g/mol. The summed E-state index contributed by atoms with van der Waals surface area (Å²) in [7, 11) is 3.87. The summed E-state index contributed by atoms with van der Waals surface area (Å²) in [6.45, 7) is 1.54. The summed E-state index contributed by atoms with van der Waals surface area (Å²) >= 11 is 1.63. The quantitative estimate of drug-likeness (QED) is 0.694. The van der Waals surface area contributed by atoms with E-state index in [9.17, 15) is 4.79 Å². The van der Waals surface area contributed by atoms with Crippen molar-refractivity contribution in [2.45, 2.75) is 6.92 Å². The fourth-order valence-corrected chi connectivity index (χ4v) is 2.83. The van der Waals surface area contributed by atoms with Crippen molar-refractivity contribution >= 4 is 28.8 Å². The van der Waals surface area contributed by atoms with E-state index in [1.54, 1.807) is 29.0 Å². The molecule has 3 heterocycles. The summed E-state index contributed by atoms with van der Waals surface area (Å²) in [5.74, 6) is -0.0269. The number of hydrogen-bond acceptors (Lipinski definition) is 5. The number of carbonyl (C=O) groups is 1. The summed E-state index contributed by atoms with van der Waals surface area (Å²) in [6.07, 6.45) is 5.40. The first-order valence-corrected chi connectivity index (χ1v) is 7.72. The molecule has 0 N–H and O–H groups in total. The average Bonchev–Trinajstić information content (AvgIpc) is 3.12. The Hall–Kier alpha value is -2.47. The Bertz CT molecular complexity index is 847. The molecule has 0 fully saturated rings. The van der Waals surface area contributed by atoms with Gasteiger partial charge in [-0.1, -0.05) is 6.07 Å². The molecule has 0 saturated carbocycles. The lowest BCUT2D eigenvalue weighted by atomic mass is 10.1. The van der Waals surface area contributed by atoms with Crippen LogP contribution in [-0.4, -0.2) is 39.4 Å². The summed E-state index contributed by atoms with van der Waals surface area (Å²) in [6, 6.07) is 5.95. The van der Waals surface area contributed by atoms with Gasteiger partial charge in [0.05, 0.1) is 16.1 Å². The molecule has 3 aromatic heterocycles. The third-order valence-electron chi connectivity index (χ3n) is 3.20. The minimum atomic E-state index is -0.0269. The van der Waals surface area contributed by atoms with Crippen molar-refractivity contribution < 1.29 is 4.79 Å². The molecule has 0 saturated heterocycles. The number of rotatable bonds is 4. The summed E-state index contributed by atoms with van der Waals surface area (Å²) in [4.78, 5) is 19.2. The van der Waals surface area contributed by atoms with Gasteiger partial charge in [-0.15, -0.1) is 11.3 Å². The highest BCUT2D eigenvalue weighted by molar-refractivity contribution is 7.13. The van der Waals surface area contributed by atoms with Gasteiger partial charge in [0, 0.05) is 32.6 Å². The number of aromatic nitrogens is 3.